The SMILES string of the molecule is NC(N)=NC(=O)c1ccc2c(c1)C(c1cccc([N+](=O)[O-])c1)=CCO2. The van der Waals surface area contributed by atoms with Gasteiger partial charge in [0.2, 0.25) is 0 Å². The number of nitrogens with zero attached hydrogens (tertiary/aromatic N) is 2. The number of nitrogens with two attached hydrogens (primary N) is 2. The molecule has 0 aromatic heterocycles. The number of rotatable bonds is 3. The standard InChI is InChI=1S/C17H14N4O4/c18-17(19)20-16(22)11-4-5-15-14(9-11)13(6-7-25-15)10-2-1-3-12(8-10)21(23)24/h1-6,8-9H,7H2,(H4,18,19,20,22). The van der Waals surface area contributed by atoms with Crippen molar-refractivity contribution in [2.75, 3.05) is 6.61 Å². The maximum absolute atomic E-state index is 12.0. The smallest absolute Gasteiger partial charge is 0.280 e. The normalized spacial score (nSPS) is 12.4. The molecule has 1 amide bonds. The molecule has 0 aliphatic carbocycles. The second-order valence-corrected chi connectivity index (χ2v) is 5.29. The van der Waals surface area contributed by atoms with E-state index >= 15 is 0 Å². The van der Waals surface area contributed by atoms with E-state index in [1.807, 2.05) is 0 Å². The van der Waals surface area contributed by atoms with Gasteiger partial charge in [0, 0.05) is 23.3 Å². The van der Waals surface area contributed by atoms with Gasteiger partial charge in [-0.05, 0) is 35.4 Å². The number of hydrogen-bond acceptors (Lipinski definition) is 4. The highest BCUT2D eigenvalue weighted by Gasteiger charge is 2.19. The lowest BCUT2D eigenvalue weighted by Crippen LogP contribution is -2.24. The van der Waals surface area contributed by atoms with Crippen LogP contribution in [-0.4, -0.2) is 23.4 Å². The van der Waals surface area contributed by atoms with Crippen LogP contribution >= 0.6 is 0 Å². The summed E-state index contributed by atoms with van der Waals surface area (Å²) >= 11 is 0. The lowest BCUT2D eigenvalue weighted by Gasteiger charge is -2.19. The molecule has 0 saturated carbocycles. The van der Waals surface area contributed by atoms with E-state index in [1.165, 1.54) is 12.1 Å². The number of carbonyl (C=O) groups excluding carboxylic acids is 1. The molecule has 3 rings (SSSR count). The van der Waals surface area contributed by atoms with Gasteiger partial charge in [0.1, 0.15) is 12.4 Å². The zero-order valence-corrected chi connectivity index (χ0v) is 13.0. The van der Waals surface area contributed by atoms with Crippen molar-refractivity contribution >= 4 is 23.1 Å². The molecule has 0 radical (unpaired) electrons. The van der Waals surface area contributed by atoms with Gasteiger partial charge in [-0.15, -0.1) is 0 Å². The number of aliphatic imine (C=N–C) groups is 1. The third-order valence-corrected chi connectivity index (χ3v) is 3.64. The number of fused-ring (bicyclic) bond motifs is 1. The molecule has 0 bridgehead atoms. The van der Waals surface area contributed by atoms with Crippen molar-refractivity contribution < 1.29 is 14.5 Å². The highest BCUT2D eigenvalue weighted by Crippen LogP contribution is 2.36. The highest BCUT2D eigenvalue weighted by atomic mass is 16.6. The maximum atomic E-state index is 12.0. The Hall–Kier alpha value is -3.68. The maximum Gasteiger partial charge on any atom is 0.280 e. The number of non-ortho nitro benzene ring substituents is 1. The summed E-state index contributed by atoms with van der Waals surface area (Å²) in [4.78, 5) is 26.1. The van der Waals surface area contributed by atoms with Crippen LogP contribution in [0.25, 0.3) is 5.57 Å². The summed E-state index contributed by atoms with van der Waals surface area (Å²) in [7, 11) is 0. The quantitative estimate of drug-likeness (QED) is 0.379. The van der Waals surface area contributed by atoms with Crippen LogP contribution in [-0.2, 0) is 0 Å². The van der Waals surface area contributed by atoms with E-state index in [0.29, 0.717) is 23.5 Å². The summed E-state index contributed by atoms with van der Waals surface area (Å²) in [5, 5.41) is 11.0. The Bertz CT molecular complexity index is 930. The zero-order valence-electron chi connectivity index (χ0n) is 13.0. The van der Waals surface area contributed by atoms with Crippen molar-refractivity contribution in [3.63, 3.8) is 0 Å². The van der Waals surface area contributed by atoms with Gasteiger partial charge in [-0.2, -0.15) is 4.99 Å². The lowest BCUT2D eigenvalue weighted by molar-refractivity contribution is -0.384. The first-order valence-corrected chi connectivity index (χ1v) is 7.32. The van der Waals surface area contributed by atoms with E-state index in [2.05, 4.69) is 4.99 Å². The Morgan fingerprint density at radius 1 is 1.20 bits per heavy atom. The summed E-state index contributed by atoms with van der Waals surface area (Å²) in [6, 6.07) is 11.1. The molecule has 8 heteroatoms. The molecule has 0 fully saturated rings. The number of nitro benzene ring substituents is 1. The molecule has 4 N–H and O–H groups in total. The van der Waals surface area contributed by atoms with Gasteiger partial charge in [-0.1, -0.05) is 12.1 Å². The van der Waals surface area contributed by atoms with E-state index in [-0.39, 0.29) is 17.2 Å². The summed E-state index contributed by atoms with van der Waals surface area (Å²) in [6.07, 6.45) is 1.80. The van der Waals surface area contributed by atoms with Crippen LogP contribution in [0.4, 0.5) is 5.69 Å². The van der Waals surface area contributed by atoms with Gasteiger partial charge in [-0.3, -0.25) is 14.9 Å². The number of amides is 1. The fourth-order valence-corrected chi connectivity index (χ4v) is 2.57. The predicted octanol–water partition coefficient (Wildman–Crippen LogP) is 1.83. The molecule has 2 aromatic rings. The minimum Gasteiger partial charge on any atom is -0.489 e. The van der Waals surface area contributed by atoms with E-state index in [4.69, 9.17) is 16.2 Å². The number of nitro groups is 1. The fourth-order valence-electron chi connectivity index (χ4n) is 2.57. The molecule has 0 spiro atoms. The topological polar surface area (TPSA) is 134 Å². The molecule has 8 nitrogen and oxygen atoms in total. The van der Waals surface area contributed by atoms with Crippen molar-refractivity contribution in [2.45, 2.75) is 0 Å². The number of hydrogen-bond donors (Lipinski definition) is 2. The Balaban J connectivity index is 2.07. The van der Waals surface area contributed by atoms with Gasteiger partial charge >= 0.3 is 0 Å². The highest BCUT2D eigenvalue weighted by molar-refractivity contribution is 6.03. The molecule has 126 valence electrons. The van der Waals surface area contributed by atoms with Gasteiger partial charge in [0.05, 0.1) is 4.92 Å². The van der Waals surface area contributed by atoms with E-state index in [0.717, 1.165) is 5.57 Å². The number of guanidine groups is 1. The van der Waals surface area contributed by atoms with E-state index < -0.39 is 10.8 Å². The molecule has 1 aliphatic rings. The third-order valence-electron chi connectivity index (χ3n) is 3.64. The van der Waals surface area contributed by atoms with Crippen molar-refractivity contribution in [3.8, 4) is 5.75 Å². The predicted molar refractivity (Wildman–Crippen MR) is 92.3 cm³/mol. The Labute approximate surface area is 142 Å². The average molecular weight is 338 g/mol. The van der Waals surface area contributed by atoms with Crippen LogP contribution in [0, 0.1) is 10.1 Å². The number of benzene rings is 2. The first-order valence-electron chi connectivity index (χ1n) is 7.32. The molecule has 1 heterocycles. The monoisotopic (exact) mass is 338 g/mol. The van der Waals surface area contributed by atoms with Crippen LogP contribution in [0.5, 0.6) is 5.75 Å². The zero-order chi connectivity index (χ0) is 18.0. The Morgan fingerprint density at radius 2 is 2.00 bits per heavy atom. The minimum atomic E-state index is -0.577. The summed E-state index contributed by atoms with van der Waals surface area (Å²) in [6.45, 7) is 0.326. The summed E-state index contributed by atoms with van der Waals surface area (Å²) in [5.74, 6) is -0.328. The lowest BCUT2D eigenvalue weighted by atomic mass is 9.93. The summed E-state index contributed by atoms with van der Waals surface area (Å²) < 4.78 is 5.56. The van der Waals surface area contributed by atoms with Crippen LogP contribution in [0.15, 0.2) is 53.5 Å². The van der Waals surface area contributed by atoms with Crippen molar-refractivity contribution in [1.82, 2.24) is 0 Å². The van der Waals surface area contributed by atoms with Crippen molar-refractivity contribution in [1.29, 1.82) is 0 Å². The average Bonchev–Trinajstić information content (AvgIpc) is 2.60. The molecule has 25 heavy (non-hydrogen) atoms. The minimum absolute atomic E-state index is 0.0146. The molecule has 1 aliphatic heterocycles. The molecule has 2 aromatic carbocycles. The second-order valence-electron chi connectivity index (χ2n) is 5.29. The largest absolute Gasteiger partial charge is 0.489 e. The molecular weight excluding hydrogens is 324 g/mol. The molecular formula is C17H14N4O4. The number of ether oxygens (including phenoxy) is 1. The van der Waals surface area contributed by atoms with Gasteiger partial charge in [0.15, 0.2) is 5.96 Å². The molecule has 0 saturated heterocycles. The molecule has 0 atom stereocenters. The molecule has 0 unspecified atom stereocenters. The van der Waals surface area contributed by atoms with Crippen molar-refractivity contribution in [2.24, 2.45) is 16.5 Å². The first kappa shape index (κ1) is 16.2. The van der Waals surface area contributed by atoms with E-state index in [9.17, 15) is 14.9 Å². The van der Waals surface area contributed by atoms with Gasteiger partial charge in [0.25, 0.3) is 11.6 Å². The van der Waals surface area contributed by atoms with Crippen LogP contribution in [0.2, 0.25) is 0 Å². The van der Waals surface area contributed by atoms with Crippen molar-refractivity contribution in [3.05, 3.63) is 75.3 Å². The van der Waals surface area contributed by atoms with Crippen LogP contribution in [0.3, 0.4) is 0 Å². The van der Waals surface area contributed by atoms with Crippen LogP contribution in [0.1, 0.15) is 21.5 Å². The number of carbonyl (C=O) groups is 1. The first-order chi connectivity index (χ1) is 12.0. The van der Waals surface area contributed by atoms with E-state index in [1.54, 1.807) is 36.4 Å². The summed E-state index contributed by atoms with van der Waals surface area (Å²) in [5.41, 5.74) is 12.8. The van der Waals surface area contributed by atoms with Gasteiger partial charge in [-0.25, -0.2) is 0 Å². The third kappa shape index (κ3) is 3.32. The van der Waals surface area contributed by atoms with Gasteiger partial charge < -0.3 is 16.2 Å². The Morgan fingerprint density at radius 3 is 2.72 bits per heavy atom. The van der Waals surface area contributed by atoms with Crippen LogP contribution < -0.4 is 16.2 Å². The fraction of sp³-hybridized carbons (Fsp3) is 0.0588. The second kappa shape index (κ2) is 6.44. The Kier molecular flexibility index (Phi) is 4.17.